The van der Waals surface area contributed by atoms with Gasteiger partial charge in [0, 0.05) is 31.2 Å². The molecule has 2 rings (SSSR count). The van der Waals surface area contributed by atoms with Crippen molar-refractivity contribution in [1.82, 2.24) is 0 Å². The molecule has 0 radical (unpaired) electrons. The Labute approximate surface area is 120 Å². The molecule has 1 nitrogen and oxygen atoms in total. The summed E-state index contributed by atoms with van der Waals surface area (Å²) in [6, 6.07) is 6.63. The van der Waals surface area contributed by atoms with Crippen molar-refractivity contribution in [2.45, 2.75) is 12.5 Å². The van der Waals surface area contributed by atoms with Crippen molar-refractivity contribution in [2.24, 2.45) is 0 Å². The van der Waals surface area contributed by atoms with E-state index in [4.69, 9.17) is 0 Å². The van der Waals surface area contributed by atoms with E-state index < -0.39 is 6.10 Å². The summed E-state index contributed by atoms with van der Waals surface area (Å²) in [5.41, 5.74) is 0.331. The Morgan fingerprint density at radius 2 is 2.00 bits per heavy atom. The fourth-order valence-electron chi connectivity index (χ4n) is 1.53. The van der Waals surface area contributed by atoms with Crippen LogP contribution in [0, 0.1) is 5.82 Å². The topological polar surface area (TPSA) is 20.2 Å². The molecule has 2 aromatic rings. The third-order valence-electron chi connectivity index (χ3n) is 2.34. The van der Waals surface area contributed by atoms with Crippen LogP contribution >= 0.6 is 43.2 Å². The Kier molecular flexibility index (Phi) is 4.36. The molecule has 0 fully saturated rings. The van der Waals surface area contributed by atoms with Gasteiger partial charge < -0.3 is 5.11 Å². The zero-order valence-corrected chi connectivity index (χ0v) is 12.6. The van der Waals surface area contributed by atoms with Crippen LogP contribution < -0.4 is 0 Å². The third-order valence-corrected chi connectivity index (χ3v) is 4.55. The molecular weight excluding hydrogens is 371 g/mol. The van der Waals surface area contributed by atoms with Crippen LogP contribution in [0.25, 0.3) is 0 Å². The van der Waals surface area contributed by atoms with Crippen LogP contribution in [0.3, 0.4) is 0 Å². The van der Waals surface area contributed by atoms with Crippen molar-refractivity contribution < 1.29 is 9.50 Å². The van der Waals surface area contributed by atoms with Gasteiger partial charge in [-0.05, 0) is 34.1 Å². The number of hydrogen-bond acceptors (Lipinski definition) is 2. The monoisotopic (exact) mass is 378 g/mol. The summed E-state index contributed by atoms with van der Waals surface area (Å²) in [6.07, 6.45) is -0.386. The molecule has 17 heavy (non-hydrogen) atoms. The van der Waals surface area contributed by atoms with Crippen LogP contribution in [-0.4, -0.2) is 5.11 Å². The maximum absolute atomic E-state index is 13.6. The minimum absolute atomic E-state index is 0.331. The van der Waals surface area contributed by atoms with Crippen LogP contribution in [0.2, 0.25) is 0 Å². The largest absolute Gasteiger partial charge is 0.388 e. The zero-order chi connectivity index (χ0) is 12.4. The lowest BCUT2D eigenvalue weighted by Crippen LogP contribution is -2.03. The van der Waals surface area contributed by atoms with Crippen molar-refractivity contribution >= 4 is 43.2 Å². The number of hydrogen-bond donors (Lipinski definition) is 1. The molecule has 90 valence electrons. The molecule has 0 spiro atoms. The summed E-state index contributed by atoms with van der Waals surface area (Å²) in [7, 11) is 0. The number of thiophene rings is 1. The van der Waals surface area contributed by atoms with Crippen molar-refractivity contribution in [3.8, 4) is 0 Å². The molecule has 1 unspecified atom stereocenters. The Bertz CT molecular complexity index is 527. The highest BCUT2D eigenvalue weighted by Gasteiger charge is 2.14. The smallest absolute Gasteiger partial charge is 0.130 e. The number of benzene rings is 1. The standard InChI is InChI=1S/C12H9Br2FOS/c13-7-1-2-10(11(15)4-7)12(16)5-9-3-8(14)6-17-9/h1-4,6,12,16H,5H2. The molecule has 1 atom stereocenters. The minimum atomic E-state index is -0.811. The summed E-state index contributed by atoms with van der Waals surface area (Å²) in [5.74, 6) is -0.387. The molecule has 0 saturated heterocycles. The zero-order valence-electron chi connectivity index (χ0n) is 8.66. The summed E-state index contributed by atoms with van der Waals surface area (Å²) in [6.45, 7) is 0. The summed E-state index contributed by atoms with van der Waals surface area (Å²) >= 11 is 8.08. The first-order chi connectivity index (χ1) is 8.06. The normalized spacial score (nSPS) is 12.7. The van der Waals surface area contributed by atoms with Gasteiger partial charge in [-0.25, -0.2) is 4.39 Å². The van der Waals surface area contributed by atoms with Gasteiger partial charge in [0.05, 0.1) is 6.10 Å². The molecule has 1 aromatic heterocycles. The molecule has 0 aliphatic carbocycles. The molecule has 0 aliphatic heterocycles. The average Bonchev–Trinajstić information content (AvgIpc) is 2.63. The van der Waals surface area contributed by atoms with E-state index in [0.717, 1.165) is 9.35 Å². The van der Waals surface area contributed by atoms with Crippen molar-refractivity contribution in [1.29, 1.82) is 0 Å². The van der Waals surface area contributed by atoms with Gasteiger partial charge >= 0.3 is 0 Å². The molecule has 5 heteroatoms. The number of halogens is 3. The van der Waals surface area contributed by atoms with Crippen LogP contribution in [0.5, 0.6) is 0 Å². The Balaban J connectivity index is 2.17. The van der Waals surface area contributed by atoms with Crippen molar-refractivity contribution in [3.05, 3.63) is 54.8 Å². The first kappa shape index (κ1) is 13.2. The van der Waals surface area contributed by atoms with E-state index in [2.05, 4.69) is 31.9 Å². The van der Waals surface area contributed by atoms with E-state index >= 15 is 0 Å². The highest BCUT2D eigenvalue weighted by Crippen LogP contribution is 2.27. The van der Waals surface area contributed by atoms with Crippen LogP contribution in [0.1, 0.15) is 16.5 Å². The van der Waals surface area contributed by atoms with Gasteiger partial charge in [-0.2, -0.15) is 0 Å². The molecule has 0 aliphatic rings. The Morgan fingerprint density at radius 1 is 1.24 bits per heavy atom. The summed E-state index contributed by atoms with van der Waals surface area (Å²) in [5, 5.41) is 11.9. The average molecular weight is 380 g/mol. The van der Waals surface area contributed by atoms with Crippen LogP contribution in [0.15, 0.2) is 38.6 Å². The maximum atomic E-state index is 13.6. The highest BCUT2D eigenvalue weighted by molar-refractivity contribution is 9.10. The first-order valence-corrected chi connectivity index (χ1v) is 7.39. The molecular formula is C12H9Br2FOS. The van der Waals surface area contributed by atoms with E-state index in [1.165, 1.54) is 6.07 Å². The lowest BCUT2D eigenvalue weighted by atomic mass is 10.1. The van der Waals surface area contributed by atoms with Gasteiger partial charge in [-0.1, -0.05) is 22.0 Å². The van der Waals surface area contributed by atoms with E-state index in [0.29, 0.717) is 16.5 Å². The van der Waals surface area contributed by atoms with Crippen molar-refractivity contribution in [3.63, 3.8) is 0 Å². The summed E-state index contributed by atoms with van der Waals surface area (Å²) < 4.78 is 15.3. The number of aliphatic hydroxyl groups is 1. The predicted octanol–water partition coefficient (Wildman–Crippen LogP) is 4.69. The predicted molar refractivity (Wildman–Crippen MR) is 74.8 cm³/mol. The van der Waals surface area contributed by atoms with Gasteiger partial charge in [0.15, 0.2) is 0 Å². The fourth-order valence-corrected chi connectivity index (χ4v) is 3.36. The summed E-state index contributed by atoms with van der Waals surface area (Å²) in [4.78, 5) is 1.02. The second-order valence-electron chi connectivity index (χ2n) is 3.62. The number of aliphatic hydroxyl groups excluding tert-OH is 1. The lowest BCUT2D eigenvalue weighted by Gasteiger charge is -2.11. The fraction of sp³-hybridized carbons (Fsp3) is 0.167. The lowest BCUT2D eigenvalue weighted by molar-refractivity contribution is 0.174. The Hall–Kier alpha value is -0.230. The second kappa shape index (κ2) is 5.61. The third kappa shape index (κ3) is 3.37. The van der Waals surface area contributed by atoms with Gasteiger partial charge in [-0.3, -0.25) is 0 Å². The van der Waals surface area contributed by atoms with Crippen LogP contribution in [-0.2, 0) is 6.42 Å². The highest BCUT2D eigenvalue weighted by atomic mass is 79.9. The quantitative estimate of drug-likeness (QED) is 0.820. The second-order valence-corrected chi connectivity index (χ2v) is 6.44. The molecule has 1 N–H and O–H groups in total. The first-order valence-electron chi connectivity index (χ1n) is 4.92. The van der Waals surface area contributed by atoms with Gasteiger partial charge in [0.2, 0.25) is 0 Å². The van der Waals surface area contributed by atoms with E-state index in [1.807, 2.05) is 11.4 Å². The van der Waals surface area contributed by atoms with E-state index in [9.17, 15) is 9.50 Å². The molecule has 1 aromatic carbocycles. The Morgan fingerprint density at radius 3 is 2.59 bits per heavy atom. The maximum Gasteiger partial charge on any atom is 0.130 e. The SMILES string of the molecule is OC(Cc1cc(Br)cs1)c1ccc(Br)cc1F. The van der Waals surface area contributed by atoms with Gasteiger partial charge in [0.1, 0.15) is 5.82 Å². The molecule has 0 saturated carbocycles. The van der Waals surface area contributed by atoms with Crippen molar-refractivity contribution in [2.75, 3.05) is 0 Å². The number of rotatable bonds is 3. The van der Waals surface area contributed by atoms with E-state index in [-0.39, 0.29) is 5.82 Å². The molecule has 1 heterocycles. The minimum Gasteiger partial charge on any atom is -0.388 e. The van der Waals surface area contributed by atoms with Gasteiger partial charge in [-0.15, -0.1) is 11.3 Å². The van der Waals surface area contributed by atoms with E-state index in [1.54, 1.807) is 23.5 Å². The molecule has 0 amide bonds. The van der Waals surface area contributed by atoms with Gasteiger partial charge in [0.25, 0.3) is 0 Å². The van der Waals surface area contributed by atoms with Crippen LogP contribution in [0.4, 0.5) is 4.39 Å². The molecule has 0 bridgehead atoms.